The number of Topliss-reactive ketones (excluding diaryl/α,β-unsaturated/α-hetero) is 1. The standard InChI is InChI=1S/C28H27FN2O2/c1-3-23-6-4-17(16-31-23)10-27(32)28(2,33)21-13-18-11-20(12-19(18)14-21)24-8-9-30-26-7-5-22(29)15-25(24)26/h1,4-9,15-16,18-21,33H,10-14H2,2H3/t18-,19+,20?,21?,28?. The number of ketones is 1. The second kappa shape index (κ2) is 8.35. The second-order valence-corrected chi connectivity index (χ2v) is 9.86. The molecule has 4 nitrogen and oxygen atoms in total. The van der Waals surface area contributed by atoms with E-state index in [1.807, 2.05) is 6.07 Å². The molecule has 0 aliphatic heterocycles. The van der Waals surface area contributed by atoms with Gasteiger partial charge in [0.15, 0.2) is 5.78 Å². The van der Waals surface area contributed by atoms with Crippen LogP contribution in [0.15, 0.2) is 48.8 Å². The Kier molecular flexibility index (Phi) is 5.50. The molecule has 0 saturated heterocycles. The van der Waals surface area contributed by atoms with Gasteiger partial charge < -0.3 is 5.11 Å². The van der Waals surface area contributed by atoms with Crippen molar-refractivity contribution in [2.45, 2.75) is 50.5 Å². The van der Waals surface area contributed by atoms with Gasteiger partial charge in [-0.25, -0.2) is 9.37 Å². The van der Waals surface area contributed by atoms with Crippen LogP contribution in [0.1, 0.15) is 55.3 Å². The molecule has 3 aromatic rings. The summed E-state index contributed by atoms with van der Waals surface area (Å²) in [5.74, 6) is 3.29. The molecule has 2 aromatic heterocycles. The number of fused-ring (bicyclic) bond motifs is 2. The summed E-state index contributed by atoms with van der Waals surface area (Å²) in [6.45, 7) is 1.67. The van der Waals surface area contributed by atoms with Crippen LogP contribution < -0.4 is 0 Å². The van der Waals surface area contributed by atoms with Gasteiger partial charge in [-0.05, 0) is 97.7 Å². The van der Waals surface area contributed by atoms with Gasteiger partial charge in [0, 0.05) is 24.2 Å². The summed E-state index contributed by atoms with van der Waals surface area (Å²) in [7, 11) is 0. The number of nitrogens with zero attached hydrogens (tertiary/aromatic N) is 2. The van der Waals surface area contributed by atoms with Crippen molar-refractivity contribution in [3.05, 3.63) is 71.4 Å². The van der Waals surface area contributed by atoms with Crippen molar-refractivity contribution >= 4 is 16.7 Å². The summed E-state index contributed by atoms with van der Waals surface area (Å²) >= 11 is 0. The predicted octanol–water partition coefficient (Wildman–Crippen LogP) is 4.83. The third-order valence-corrected chi connectivity index (χ3v) is 7.89. The average Bonchev–Trinajstić information content (AvgIpc) is 3.39. The molecule has 2 fully saturated rings. The van der Waals surface area contributed by atoms with Crippen LogP contribution in [-0.2, 0) is 11.2 Å². The first-order chi connectivity index (χ1) is 15.8. The highest BCUT2D eigenvalue weighted by Crippen LogP contribution is 2.55. The lowest BCUT2D eigenvalue weighted by atomic mass is 9.79. The van der Waals surface area contributed by atoms with E-state index in [1.54, 1.807) is 43.6 Å². The Balaban J connectivity index is 1.27. The normalized spacial score (nSPS) is 26.0. The number of terminal acetylenes is 1. The zero-order valence-corrected chi connectivity index (χ0v) is 18.7. The summed E-state index contributed by atoms with van der Waals surface area (Å²) in [4.78, 5) is 21.5. The van der Waals surface area contributed by atoms with Crippen LogP contribution in [0.4, 0.5) is 4.39 Å². The van der Waals surface area contributed by atoms with Crippen LogP contribution in [0.2, 0.25) is 0 Å². The maximum atomic E-state index is 13.9. The number of halogens is 1. The Hall–Kier alpha value is -3.10. The molecule has 2 heterocycles. The molecule has 33 heavy (non-hydrogen) atoms. The minimum atomic E-state index is -1.36. The second-order valence-electron chi connectivity index (χ2n) is 9.86. The number of aromatic nitrogens is 2. The number of carbonyl (C=O) groups is 1. The number of rotatable bonds is 5. The molecule has 2 saturated carbocycles. The van der Waals surface area contributed by atoms with Gasteiger partial charge in [-0.2, -0.15) is 0 Å². The maximum Gasteiger partial charge on any atom is 0.168 e. The smallest absolute Gasteiger partial charge is 0.168 e. The molecule has 2 aliphatic rings. The molecule has 168 valence electrons. The van der Waals surface area contributed by atoms with E-state index in [0.29, 0.717) is 23.4 Å². The number of aliphatic hydroxyl groups is 1. The van der Waals surface area contributed by atoms with Crippen molar-refractivity contribution in [1.29, 1.82) is 0 Å². The molecule has 1 N–H and O–H groups in total. The Labute approximate surface area is 193 Å². The highest BCUT2D eigenvalue weighted by Gasteiger charge is 2.49. The minimum absolute atomic E-state index is 0.0504. The van der Waals surface area contributed by atoms with Gasteiger partial charge in [-0.15, -0.1) is 6.42 Å². The lowest BCUT2D eigenvalue weighted by Gasteiger charge is -2.30. The van der Waals surface area contributed by atoms with E-state index >= 15 is 0 Å². The van der Waals surface area contributed by atoms with E-state index < -0.39 is 5.60 Å². The Bertz CT molecular complexity index is 1230. The molecule has 0 spiro atoms. The van der Waals surface area contributed by atoms with Crippen molar-refractivity contribution in [2.75, 3.05) is 0 Å². The topological polar surface area (TPSA) is 63.1 Å². The van der Waals surface area contributed by atoms with Crippen LogP contribution >= 0.6 is 0 Å². The molecule has 0 bridgehead atoms. The summed E-state index contributed by atoms with van der Waals surface area (Å²) < 4.78 is 13.9. The molecule has 0 amide bonds. The summed E-state index contributed by atoms with van der Waals surface area (Å²) in [6.07, 6.45) is 12.6. The highest BCUT2D eigenvalue weighted by atomic mass is 19.1. The SMILES string of the molecule is C#Cc1ccc(CC(=O)C(C)(O)C2C[C@H]3CC(c4ccnc5ccc(F)cc45)C[C@H]3C2)cn1. The van der Waals surface area contributed by atoms with Crippen LogP contribution in [0.3, 0.4) is 0 Å². The Morgan fingerprint density at radius 3 is 2.58 bits per heavy atom. The van der Waals surface area contributed by atoms with Crippen molar-refractivity contribution in [3.63, 3.8) is 0 Å². The number of hydrogen-bond acceptors (Lipinski definition) is 4. The molecule has 0 radical (unpaired) electrons. The summed E-state index contributed by atoms with van der Waals surface area (Å²) in [5.41, 5.74) is 1.91. The Morgan fingerprint density at radius 2 is 1.91 bits per heavy atom. The number of pyridine rings is 2. The molecule has 5 rings (SSSR count). The van der Waals surface area contributed by atoms with E-state index in [0.717, 1.165) is 47.7 Å². The molecular formula is C28H27FN2O2. The molecule has 3 unspecified atom stereocenters. The van der Waals surface area contributed by atoms with Gasteiger partial charge in [0.05, 0.1) is 5.52 Å². The predicted molar refractivity (Wildman–Crippen MR) is 125 cm³/mol. The first-order valence-electron chi connectivity index (χ1n) is 11.6. The van der Waals surface area contributed by atoms with Gasteiger partial charge in [0.2, 0.25) is 0 Å². The van der Waals surface area contributed by atoms with Crippen LogP contribution in [0.5, 0.6) is 0 Å². The Morgan fingerprint density at radius 1 is 1.15 bits per heavy atom. The van der Waals surface area contributed by atoms with E-state index in [2.05, 4.69) is 15.9 Å². The van der Waals surface area contributed by atoms with E-state index in [4.69, 9.17) is 6.42 Å². The third kappa shape index (κ3) is 4.05. The number of carbonyl (C=O) groups excluding carboxylic acids is 1. The lowest BCUT2D eigenvalue weighted by Crippen LogP contribution is -2.43. The fourth-order valence-corrected chi connectivity index (χ4v) is 6.03. The number of benzene rings is 1. The zero-order valence-electron chi connectivity index (χ0n) is 18.7. The molecule has 5 heteroatoms. The quantitative estimate of drug-likeness (QED) is 0.575. The molecule has 5 atom stereocenters. The summed E-state index contributed by atoms with van der Waals surface area (Å²) in [5, 5.41) is 12.1. The van der Waals surface area contributed by atoms with Gasteiger partial charge in [-0.3, -0.25) is 9.78 Å². The molecule has 2 aliphatic carbocycles. The van der Waals surface area contributed by atoms with Gasteiger partial charge in [0.25, 0.3) is 0 Å². The van der Waals surface area contributed by atoms with Crippen LogP contribution in [0, 0.1) is 35.9 Å². The van der Waals surface area contributed by atoms with Gasteiger partial charge in [-0.1, -0.05) is 12.0 Å². The van der Waals surface area contributed by atoms with Gasteiger partial charge in [0.1, 0.15) is 17.1 Å². The van der Waals surface area contributed by atoms with Crippen molar-refractivity contribution in [2.24, 2.45) is 17.8 Å². The molecule has 1 aromatic carbocycles. The largest absolute Gasteiger partial charge is 0.382 e. The van der Waals surface area contributed by atoms with Crippen molar-refractivity contribution < 1.29 is 14.3 Å². The van der Waals surface area contributed by atoms with Crippen molar-refractivity contribution in [3.8, 4) is 12.3 Å². The van der Waals surface area contributed by atoms with Crippen LogP contribution in [-0.4, -0.2) is 26.5 Å². The van der Waals surface area contributed by atoms with Gasteiger partial charge >= 0.3 is 0 Å². The van der Waals surface area contributed by atoms with E-state index in [1.165, 1.54) is 6.07 Å². The lowest BCUT2D eigenvalue weighted by molar-refractivity contribution is -0.140. The first kappa shape index (κ1) is 21.7. The first-order valence-corrected chi connectivity index (χ1v) is 11.6. The monoisotopic (exact) mass is 442 g/mol. The average molecular weight is 443 g/mol. The fourth-order valence-electron chi connectivity index (χ4n) is 6.03. The van der Waals surface area contributed by atoms with Crippen LogP contribution in [0.25, 0.3) is 10.9 Å². The summed E-state index contributed by atoms with van der Waals surface area (Å²) in [6, 6.07) is 10.3. The van der Waals surface area contributed by atoms with E-state index in [-0.39, 0.29) is 23.9 Å². The maximum absolute atomic E-state index is 13.9. The zero-order chi connectivity index (χ0) is 23.2. The third-order valence-electron chi connectivity index (χ3n) is 7.89. The number of hydrogen-bond donors (Lipinski definition) is 1. The van der Waals surface area contributed by atoms with Crippen molar-refractivity contribution in [1.82, 2.24) is 9.97 Å². The minimum Gasteiger partial charge on any atom is -0.382 e. The fraction of sp³-hybridized carbons (Fsp3) is 0.393. The highest BCUT2D eigenvalue weighted by molar-refractivity contribution is 5.89. The van der Waals surface area contributed by atoms with E-state index in [9.17, 15) is 14.3 Å². The molecular weight excluding hydrogens is 415 g/mol.